The van der Waals surface area contributed by atoms with E-state index in [1.807, 2.05) is 6.92 Å². The number of hydrogen-bond acceptors (Lipinski definition) is 6. The zero-order chi connectivity index (χ0) is 12.3. The summed E-state index contributed by atoms with van der Waals surface area (Å²) in [7, 11) is 0. The van der Waals surface area contributed by atoms with Crippen molar-refractivity contribution in [2.45, 2.75) is 19.0 Å². The Balaban J connectivity index is 2.13. The first kappa shape index (κ1) is 12.1. The molecule has 0 atom stereocenters. The summed E-state index contributed by atoms with van der Waals surface area (Å²) in [6.45, 7) is 3.82. The second-order valence-corrected chi connectivity index (χ2v) is 4.77. The highest BCUT2D eigenvalue weighted by molar-refractivity contribution is 7.99. The summed E-state index contributed by atoms with van der Waals surface area (Å²) in [6, 6.07) is 1.63. The van der Waals surface area contributed by atoms with Crippen molar-refractivity contribution in [2.75, 3.05) is 11.1 Å². The molecule has 2 aromatic rings. The van der Waals surface area contributed by atoms with E-state index in [1.165, 1.54) is 0 Å². The number of aryl methyl sites for hydroxylation is 1. The van der Waals surface area contributed by atoms with Crippen LogP contribution in [0.2, 0.25) is 5.15 Å². The van der Waals surface area contributed by atoms with Gasteiger partial charge in [-0.1, -0.05) is 30.3 Å². The molecule has 0 saturated heterocycles. The van der Waals surface area contributed by atoms with Crippen LogP contribution in [0.15, 0.2) is 11.2 Å². The number of hydrogen-bond donors (Lipinski definition) is 2. The molecule has 0 bridgehead atoms. The zero-order valence-electron chi connectivity index (χ0n) is 9.36. The highest BCUT2D eigenvalue weighted by Crippen LogP contribution is 2.17. The average Bonchev–Trinajstić information content (AvgIpc) is 2.64. The van der Waals surface area contributed by atoms with Crippen molar-refractivity contribution >= 4 is 35.1 Å². The van der Waals surface area contributed by atoms with Crippen molar-refractivity contribution in [3.05, 3.63) is 17.0 Å². The fourth-order valence-electron chi connectivity index (χ4n) is 1.21. The van der Waals surface area contributed by atoms with E-state index in [-0.39, 0.29) is 0 Å². The molecule has 90 valence electrons. The van der Waals surface area contributed by atoms with Crippen LogP contribution in [0.25, 0.3) is 0 Å². The molecule has 0 saturated carbocycles. The van der Waals surface area contributed by atoms with Crippen LogP contribution in [0.5, 0.6) is 0 Å². The van der Waals surface area contributed by atoms with E-state index in [0.29, 0.717) is 27.9 Å². The molecule has 0 unspecified atom stereocenters. The van der Waals surface area contributed by atoms with Crippen LogP contribution in [0.4, 0.5) is 11.8 Å². The molecule has 6 nitrogen and oxygen atoms in total. The Bertz CT molecular complexity index is 494. The smallest absolute Gasteiger partial charge is 0.225 e. The summed E-state index contributed by atoms with van der Waals surface area (Å²) in [5, 5.41) is 10.9. The standard InChI is InChI=1S/C9H11ClN6S/c1-3-17-9-14-8(15-16-9)13-7-4-6(10)11-5(2)12-7/h4H,3H2,1-2H3,(H2,11,12,13,14,15,16). The Kier molecular flexibility index (Phi) is 3.80. The lowest BCUT2D eigenvalue weighted by Gasteiger charge is -2.02. The number of H-pyrrole nitrogens is 1. The Morgan fingerprint density at radius 3 is 2.94 bits per heavy atom. The molecule has 2 heterocycles. The van der Waals surface area contributed by atoms with Crippen molar-refractivity contribution in [2.24, 2.45) is 0 Å². The lowest BCUT2D eigenvalue weighted by molar-refractivity contribution is 0.974. The molecule has 2 rings (SSSR count). The Morgan fingerprint density at radius 1 is 1.41 bits per heavy atom. The van der Waals surface area contributed by atoms with Crippen molar-refractivity contribution in [3.8, 4) is 0 Å². The highest BCUT2D eigenvalue weighted by Gasteiger charge is 2.05. The third-order valence-electron chi connectivity index (χ3n) is 1.79. The van der Waals surface area contributed by atoms with Gasteiger partial charge in [0.15, 0.2) is 0 Å². The molecule has 17 heavy (non-hydrogen) atoms. The van der Waals surface area contributed by atoms with Gasteiger partial charge in [-0.2, -0.15) is 4.98 Å². The van der Waals surface area contributed by atoms with Gasteiger partial charge in [0.05, 0.1) is 0 Å². The minimum atomic E-state index is 0.391. The summed E-state index contributed by atoms with van der Waals surface area (Å²) in [5.74, 6) is 2.65. The minimum Gasteiger partial charge on any atom is -0.309 e. The van der Waals surface area contributed by atoms with Crippen molar-refractivity contribution < 1.29 is 0 Å². The Labute approximate surface area is 108 Å². The van der Waals surface area contributed by atoms with Gasteiger partial charge in [-0.25, -0.2) is 15.1 Å². The summed E-state index contributed by atoms with van der Waals surface area (Å²) in [6.07, 6.45) is 0. The van der Waals surface area contributed by atoms with E-state index < -0.39 is 0 Å². The minimum absolute atomic E-state index is 0.391. The van der Waals surface area contributed by atoms with Gasteiger partial charge in [0.1, 0.15) is 16.8 Å². The Hall–Kier alpha value is -1.34. The summed E-state index contributed by atoms with van der Waals surface area (Å²) < 4.78 is 0. The second-order valence-electron chi connectivity index (χ2n) is 3.15. The van der Waals surface area contributed by atoms with Crippen LogP contribution < -0.4 is 5.32 Å². The number of thioether (sulfide) groups is 1. The monoisotopic (exact) mass is 270 g/mol. The lowest BCUT2D eigenvalue weighted by atomic mass is 10.5. The molecule has 0 spiro atoms. The largest absolute Gasteiger partial charge is 0.309 e. The van der Waals surface area contributed by atoms with Crippen LogP contribution in [0, 0.1) is 6.92 Å². The van der Waals surface area contributed by atoms with Gasteiger partial charge in [0.25, 0.3) is 0 Å². The fourth-order valence-corrected chi connectivity index (χ4v) is 1.96. The number of aromatic nitrogens is 5. The molecule has 0 radical (unpaired) electrons. The Morgan fingerprint density at radius 2 is 2.24 bits per heavy atom. The zero-order valence-corrected chi connectivity index (χ0v) is 10.9. The highest BCUT2D eigenvalue weighted by atomic mass is 35.5. The third kappa shape index (κ3) is 3.31. The van der Waals surface area contributed by atoms with Crippen LogP contribution in [-0.4, -0.2) is 30.9 Å². The molecule has 2 N–H and O–H groups in total. The quantitative estimate of drug-likeness (QED) is 0.656. The maximum Gasteiger partial charge on any atom is 0.225 e. The summed E-state index contributed by atoms with van der Waals surface area (Å²) in [4.78, 5) is 12.4. The summed E-state index contributed by atoms with van der Waals surface area (Å²) in [5.41, 5.74) is 0. The number of anilines is 2. The molecule has 0 aliphatic heterocycles. The van der Waals surface area contributed by atoms with Gasteiger partial charge in [-0.3, -0.25) is 0 Å². The van der Waals surface area contributed by atoms with Crippen molar-refractivity contribution in [3.63, 3.8) is 0 Å². The fraction of sp³-hybridized carbons (Fsp3) is 0.333. The lowest BCUT2D eigenvalue weighted by Crippen LogP contribution is -1.98. The number of nitrogens with zero attached hydrogens (tertiary/aromatic N) is 4. The van der Waals surface area contributed by atoms with Crippen LogP contribution in [0.1, 0.15) is 12.7 Å². The van der Waals surface area contributed by atoms with Crippen LogP contribution >= 0.6 is 23.4 Å². The van der Waals surface area contributed by atoms with E-state index in [0.717, 1.165) is 5.75 Å². The van der Waals surface area contributed by atoms with Crippen LogP contribution in [-0.2, 0) is 0 Å². The van der Waals surface area contributed by atoms with E-state index in [4.69, 9.17) is 11.6 Å². The van der Waals surface area contributed by atoms with Crippen molar-refractivity contribution in [1.29, 1.82) is 0 Å². The van der Waals surface area contributed by atoms with E-state index in [1.54, 1.807) is 24.8 Å². The predicted molar refractivity (Wildman–Crippen MR) is 67.8 cm³/mol. The number of aromatic amines is 1. The number of halogens is 1. The third-order valence-corrected chi connectivity index (χ3v) is 2.71. The molecule has 0 aliphatic rings. The normalized spacial score (nSPS) is 10.5. The maximum atomic E-state index is 5.83. The SMILES string of the molecule is CCSc1n[nH]c(Nc2cc(Cl)nc(C)n2)n1. The average molecular weight is 271 g/mol. The molecule has 0 amide bonds. The molecule has 0 aliphatic carbocycles. The molecule has 0 fully saturated rings. The van der Waals surface area contributed by atoms with E-state index in [9.17, 15) is 0 Å². The second kappa shape index (κ2) is 5.33. The summed E-state index contributed by atoms with van der Waals surface area (Å²) >= 11 is 7.39. The molecular weight excluding hydrogens is 260 g/mol. The van der Waals surface area contributed by atoms with Gasteiger partial charge in [-0.05, 0) is 12.7 Å². The molecule has 2 aromatic heterocycles. The molecule has 8 heteroatoms. The molecule has 0 aromatic carbocycles. The van der Waals surface area contributed by atoms with Crippen molar-refractivity contribution in [1.82, 2.24) is 25.1 Å². The van der Waals surface area contributed by atoms with Gasteiger partial charge >= 0.3 is 0 Å². The first-order valence-electron chi connectivity index (χ1n) is 5.01. The van der Waals surface area contributed by atoms with Gasteiger partial charge in [0, 0.05) is 6.07 Å². The van der Waals surface area contributed by atoms with Gasteiger partial charge < -0.3 is 5.32 Å². The topological polar surface area (TPSA) is 79.4 Å². The number of rotatable bonds is 4. The van der Waals surface area contributed by atoms with Gasteiger partial charge in [0.2, 0.25) is 11.1 Å². The van der Waals surface area contributed by atoms with Gasteiger partial charge in [-0.15, -0.1) is 5.10 Å². The van der Waals surface area contributed by atoms with Crippen LogP contribution in [0.3, 0.4) is 0 Å². The number of nitrogens with one attached hydrogen (secondary N) is 2. The maximum absolute atomic E-state index is 5.83. The predicted octanol–water partition coefficient (Wildman–Crippen LogP) is 2.41. The first-order valence-corrected chi connectivity index (χ1v) is 6.37. The first-order chi connectivity index (χ1) is 8.17. The molecular formula is C9H11ClN6S. The van der Waals surface area contributed by atoms with E-state index >= 15 is 0 Å². The van der Waals surface area contributed by atoms with E-state index in [2.05, 4.69) is 30.5 Å².